The Hall–Kier alpha value is -3.68. The largest absolute Gasteiger partial charge is 0.493 e. The lowest BCUT2D eigenvalue weighted by molar-refractivity contribution is -0.125. The molecule has 0 radical (unpaired) electrons. The Labute approximate surface area is 299 Å². The Kier molecular flexibility index (Phi) is 13.9. The number of ketones is 2. The van der Waals surface area contributed by atoms with E-state index in [0.29, 0.717) is 54.0 Å². The first-order valence-corrected chi connectivity index (χ1v) is 19.1. The summed E-state index contributed by atoms with van der Waals surface area (Å²) in [5, 5.41) is 0. The standard InChI is InChI=1S/C42H58N2O6/c1-6-28(7-2)37(45)25-32-14-8-10-18-36(43-32)30-20-22-40(42(24-30)49-5)50-27-31-13-12-16-34(31)38(46)26-33-15-9-11-17-35(44-33)29-19-21-39(47-3)41(23-29)48-4/h19-24,28,31-34H,6-18,25-27H2,1-5H3. The molecule has 272 valence electrons. The maximum atomic E-state index is 13.8. The molecule has 2 aliphatic heterocycles. The number of nitrogens with zero attached hydrogens (tertiary/aromatic N) is 2. The summed E-state index contributed by atoms with van der Waals surface area (Å²) in [4.78, 5) is 36.9. The SMILES string of the molecule is CCC(CC)C(=O)CC1CCCCC(c2ccc(OCC3CCCC3C(=O)CC3CCCCC(c4ccc(OC)c(OC)c4)=N3)c(OC)c2)=N1. The first-order chi connectivity index (χ1) is 24.4. The van der Waals surface area contributed by atoms with Crippen molar-refractivity contribution in [2.45, 2.75) is 122 Å². The van der Waals surface area contributed by atoms with Gasteiger partial charge in [-0.15, -0.1) is 0 Å². The van der Waals surface area contributed by atoms with Crippen LogP contribution in [0.2, 0.25) is 0 Å². The maximum Gasteiger partial charge on any atom is 0.161 e. The third-order valence-electron chi connectivity index (χ3n) is 11.1. The summed E-state index contributed by atoms with van der Waals surface area (Å²) in [6.45, 7) is 4.68. The van der Waals surface area contributed by atoms with Crippen molar-refractivity contribution in [3.05, 3.63) is 47.5 Å². The first kappa shape index (κ1) is 37.6. The lowest BCUT2D eigenvalue weighted by Gasteiger charge is -2.22. The maximum absolute atomic E-state index is 13.8. The lowest BCUT2D eigenvalue weighted by atomic mass is 9.88. The van der Waals surface area contributed by atoms with Crippen molar-refractivity contribution in [2.24, 2.45) is 27.7 Å². The Morgan fingerprint density at radius 2 is 1.24 bits per heavy atom. The fourth-order valence-electron chi connectivity index (χ4n) is 8.14. The number of ether oxygens (including phenoxy) is 4. The minimum Gasteiger partial charge on any atom is -0.493 e. The number of rotatable bonds is 16. The van der Waals surface area contributed by atoms with E-state index in [1.807, 2.05) is 30.3 Å². The van der Waals surface area contributed by atoms with Gasteiger partial charge in [0.2, 0.25) is 0 Å². The smallest absolute Gasteiger partial charge is 0.161 e. The molecule has 0 amide bonds. The number of carbonyl (C=O) groups is 2. The van der Waals surface area contributed by atoms with Crippen molar-refractivity contribution >= 4 is 23.0 Å². The fourth-order valence-corrected chi connectivity index (χ4v) is 8.14. The number of hydrogen-bond acceptors (Lipinski definition) is 8. The van der Waals surface area contributed by atoms with Gasteiger partial charge < -0.3 is 18.9 Å². The van der Waals surface area contributed by atoms with Gasteiger partial charge in [-0.1, -0.05) is 33.1 Å². The topological polar surface area (TPSA) is 95.8 Å². The van der Waals surface area contributed by atoms with Crippen molar-refractivity contribution < 1.29 is 28.5 Å². The molecule has 4 unspecified atom stereocenters. The average molecular weight is 687 g/mol. The van der Waals surface area contributed by atoms with Crippen molar-refractivity contribution in [2.75, 3.05) is 27.9 Å². The number of Topliss-reactive ketones (excluding diaryl/α,β-unsaturated/α-hetero) is 2. The molecule has 0 N–H and O–H groups in total. The van der Waals surface area contributed by atoms with Gasteiger partial charge in [-0.3, -0.25) is 19.6 Å². The van der Waals surface area contributed by atoms with Gasteiger partial charge >= 0.3 is 0 Å². The Balaban J connectivity index is 1.22. The van der Waals surface area contributed by atoms with Gasteiger partial charge in [-0.25, -0.2) is 0 Å². The van der Waals surface area contributed by atoms with Gasteiger partial charge in [0.15, 0.2) is 23.0 Å². The molecule has 50 heavy (non-hydrogen) atoms. The van der Waals surface area contributed by atoms with Gasteiger partial charge in [-0.05, 0) is 112 Å². The normalized spacial score (nSPS) is 22.6. The van der Waals surface area contributed by atoms with Gasteiger partial charge in [-0.2, -0.15) is 0 Å². The highest BCUT2D eigenvalue weighted by Gasteiger charge is 2.35. The summed E-state index contributed by atoms with van der Waals surface area (Å²) in [6.07, 6.45) is 13.7. The number of aliphatic imine (C=N–C) groups is 2. The van der Waals surface area contributed by atoms with Crippen LogP contribution in [0.25, 0.3) is 0 Å². The molecule has 1 saturated carbocycles. The van der Waals surface area contributed by atoms with Gasteiger partial charge in [0.05, 0.1) is 40.0 Å². The molecule has 2 aromatic carbocycles. The first-order valence-electron chi connectivity index (χ1n) is 19.1. The van der Waals surface area contributed by atoms with Gasteiger partial charge in [0, 0.05) is 42.0 Å². The predicted molar refractivity (Wildman–Crippen MR) is 200 cm³/mol. The molecule has 3 aliphatic rings. The van der Waals surface area contributed by atoms with E-state index in [0.717, 1.165) is 106 Å². The predicted octanol–water partition coefficient (Wildman–Crippen LogP) is 9.03. The lowest BCUT2D eigenvalue weighted by Crippen LogP contribution is -2.27. The zero-order valence-electron chi connectivity index (χ0n) is 31.0. The average Bonchev–Trinajstić information content (AvgIpc) is 3.32. The summed E-state index contributed by atoms with van der Waals surface area (Å²) in [7, 11) is 4.96. The third-order valence-corrected chi connectivity index (χ3v) is 11.1. The minimum absolute atomic E-state index is 0.00718. The van der Waals surface area contributed by atoms with Crippen LogP contribution in [0.3, 0.4) is 0 Å². The molecular formula is C42H58N2O6. The van der Waals surface area contributed by atoms with Crippen LogP contribution in [0.4, 0.5) is 0 Å². The number of carbonyl (C=O) groups excluding carboxylic acids is 2. The van der Waals surface area contributed by atoms with Crippen molar-refractivity contribution in [3.63, 3.8) is 0 Å². The molecule has 4 atom stereocenters. The van der Waals surface area contributed by atoms with E-state index in [-0.39, 0.29) is 29.8 Å². The molecular weight excluding hydrogens is 628 g/mol. The summed E-state index contributed by atoms with van der Waals surface area (Å²) >= 11 is 0. The van der Waals surface area contributed by atoms with Crippen LogP contribution >= 0.6 is 0 Å². The zero-order valence-corrected chi connectivity index (χ0v) is 31.0. The molecule has 8 heteroatoms. The fraction of sp³-hybridized carbons (Fsp3) is 0.619. The van der Waals surface area contributed by atoms with Crippen molar-refractivity contribution in [3.8, 4) is 23.0 Å². The molecule has 0 spiro atoms. The van der Waals surface area contributed by atoms with Crippen LogP contribution in [-0.2, 0) is 9.59 Å². The van der Waals surface area contributed by atoms with Gasteiger partial charge in [0.25, 0.3) is 0 Å². The van der Waals surface area contributed by atoms with Crippen molar-refractivity contribution in [1.29, 1.82) is 0 Å². The third kappa shape index (κ3) is 9.55. The molecule has 2 heterocycles. The Bertz CT molecular complexity index is 1510. The minimum atomic E-state index is -0.0109. The van der Waals surface area contributed by atoms with Crippen LogP contribution in [-0.4, -0.2) is 63.0 Å². The highest BCUT2D eigenvalue weighted by Crippen LogP contribution is 2.37. The Morgan fingerprint density at radius 1 is 0.680 bits per heavy atom. The second-order valence-corrected chi connectivity index (χ2v) is 14.3. The van der Waals surface area contributed by atoms with Crippen LogP contribution in [0.15, 0.2) is 46.4 Å². The second kappa shape index (κ2) is 18.5. The van der Waals surface area contributed by atoms with Crippen LogP contribution < -0.4 is 18.9 Å². The summed E-state index contributed by atoms with van der Waals surface area (Å²) in [5.74, 6) is 3.71. The highest BCUT2D eigenvalue weighted by atomic mass is 16.5. The van der Waals surface area contributed by atoms with E-state index in [2.05, 4.69) is 19.9 Å². The molecule has 0 aromatic heterocycles. The van der Waals surface area contributed by atoms with E-state index in [1.54, 1.807) is 21.3 Å². The second-order valence-electron chi connectivity index (χ2n) is 14.3. The zero-order chi connectivity index (χ0) is 35.5. The van der Waals surface area contributed by atoms with Crippen LogP contribution in [0, 0.1) is 17.8 Å². The van der Waals surface area contributed by atoms with E-state index in [9.17, 15) is 9.59 Å². The number of benzene rings is 2. The van der Waals surface area contributed by atoms with E-state index in [1.165, 1.54) is 0 Å². The van der Waals surface area contributed by atoms with Crippen LogP contribution in [0.1, 0.15) is 121 Å². The molecule has 8 nitrogen and oxygen atoms in total. The van der Waals surface area contributed by atoms with Crippen LogP contribution in [0.5, 0.6) is 23.0 Å². The Morgan fingerprint density at radius 3 is 1.82 bits per heavy atom. The quantitative estimate of drug-likeness (QED) is 0.175. The van der Waals surface area contributed by atoms with Crippen molar-refractivity contribution in [1.82, 2.24) is 0 Å². The molecule has 0 bridgehead atoms. The molecule has 5 rings (SSSR count). The number of methoxy groups -OCH3 is 3. The molecule has 2 aromatic rings. The molecule has 0 saturated heterocycles. The highest BCUT2D eigenvalue weighted by molar-refractivity contribution is 6.02. The summed E-state index contributed by atoms with van der Waals surface area (Å²) < 4.78 is 23.2. The van der Waals surface area contributed by atoms with E-state index < -0.39 is 0 Å². The monoisotopic (exact) mass is 686 g/mol. The van der Waals surface area contributed by atoms with E-state index >= 15 is 0 Å². The molecule has 1 fully saturated rings. The summed E-state index contributed by atoms with van der Waals surface area (Å²) in [5.41, 5.74) is 4.16. The summed E-state index contributed by atoms with van der Waals surface area (Å²) in [6, 6.07) is 12.1. The number of hydrogen-bond donors (Lipinski definition) is 0. The van der Waals surface area contributed by atoms with Gasteiger partial charge in [0.1, 0.15) is 11.6 Å². The molecule has 1 aliphatic carbocycles. The van der Waals surface area contributed by atoms with E-state index in [4.69, 9.17) is 28.9 Å².